The average molecular weight is 607 g/mol. The molecule has 41 heavy (non-hydrogen) atoms. The maximum atomic E-state index is 11.9. The molecule has 0 radical (unpaired) electrons. The fourth-order valence-electron chi connectivity index (χ4n) is 5.43. The lowest BCUT2D eigenvalue weighted by Gasteiger charge is -2.33. The summed E-state index contributed by atoms with van der Waals surface area (Å²) < 4.78 is 67.5. The van der Waals surface area contributed by atoms with E-state index in [4.69, 9.17) is 5.11 Å². The summed E-state index contributed by atoms with van der Waals surface area (Å²) in [5.41, 5.74) is 1.79. The highest BCUT2D eigenvalue weighted by molar-refractivity contribution is 7.89. The van der Waals surface area contributed by atoms with Crippen molar-refractivity contribution in [3.63, 3.8) is 0 Å². The molecule has 12 heteroatoms. The van der Waals surface area contributed by atoms with E-state index in [-0.39, 0.29) is 36.0 Å². The van der Waals surface area contributed by atoms with E-state index >= 15 is 0 Å². The third kappa shape index (κ3) is 9.49. The molecule has 2 unspecified atom stereocenters. The van der Waals surface area contributed by atoms with Crippen molar-refractivity contribution < 1.29 is 35.8 Å². The van der Waals surface area contributed by atoms with Gasteiger partial charge >= 0.3 is 5.97 Å². The van der Waals surface area contributed by atoms with Gasteiger partial charge in [0.05, 0.1) is 35.0 Å². The molecule has 1 heterocycles. The van der Waals surface area contributed by atoms with Gasteiger partial charge < -0.3 is 19.9 Å². The Bertz CT molecular complexity index is 1400. The van der Waals surface area contributed by atoms with Crippen LogP contribution in [-0.2, 0) is 25.0 Å². The predicted molar refractivity (Wildman–Crippen MR) is 157 cm³/mol. The smallest absolute Gasteiger partial charge is 0.303 e. The van der Waals surface area contributed by atoms with Crippen LogP contribution in [0.5, 0.6) is 0 Å². The Balaban J connectivity index is 1.90. The van der Waals surface area contributed by atoms with Gasteiger partial charge in [0.1, 0.15) is 15.7 Å². The van der Waals surface area contributed by atoms with E-state index in [1.165, 1.54) is 6.08 Å². The van der Waals surface area contributed by atoms with Crippen molar-refractivity contribution >= 4 is 31.9 Å². The Kier molecular flexibility index (Phi) is 11.3. The molecule has 2 atom stereocenters. The van der Waals surface area contributed by atoms with E-state index < -0.39 is 31.6 Å². The first-order valence-electron chi connectivity index (χ1n) is 13.6. The number of allylic oxidation sites excluding steroid dienone is 5. The summed E-state index contributed by atoms with van der Waals surface area (Å²) in [5, 5.41) is 12.2. The highest BCUT2D eigenvalue weighted by Crippen LogP contribution is 2.52. The highest BCUT2D eigenvalue weighted by atomic mass is 32.2. The lowest BCUT2D eigenvalue weighted by molar-refractivity contribution is -0.137. The molecule has 0 aromatic heterocycles. The molecule has 3 rings (SSSR count). The molecule has 2 aliphatic rings. The van der Waals surface area contributed by atoms with Gasteiger partial charge in [-0.25, -0.2) is 8.42 Å². The number of hydrogen-bond acceptors (Lipinski definition) is 8. The number of nitrogens with one attached hydrogen (secondary N) is 1. The van der Waals surface area contributed by atoms with Gasteiger partial charge in [-0.3, -0.25) is 9.35 Å². The fourth-order valence-corrected chi connectivity index (χ4v) is 6.55. The van der Waals surface area contributed by atoms with E-state index in [1.807, 2.05) is 55.5 Å². The number of nitrogens with zero attached hydrogens (tertiary/aromatic N) is 1. The van der Waals surface area contributed by atoms with E-state index in [2.05, 4.69) is 10.2 Å². The lowest BCUT2D eigenvalue weighted by Crippen LogP contribution is -2.39. The minimum absolute atomic E-state index is 0.0175. The first-order chi connectivity index (χ1) is 19.3. The molecule has 0 saturated carbocycles. The number of carboxylic acids is 1. The predicted octanol–water partition coefficient (Wildman–Crippen LogP) is 4.85. The van der Waals surface area contributed by atoms with Gasteiger partial charge in [-0.2, -0.15) is 8.42 Å². The number of carbonyl (C=O) groups is 1. The van der Waals surface area contributed by atoms with Crippen LogP contribution in [0, 0.1) is 11.8 Å². The Morgan fingerprint density at radius 2 is 1.85 bits per heavy atom. The summed E-state index contributed by atoms with van der Waals surface area (Å²) >= 11 is 0. The second kappa shape index (κ2) is 14.2. The molecule has 1 aromatic rings. The third-order valence-electron chi connectivity index (χ3n) is 7.47. The van der Waals surface area contributed by atoms with Gasteiger partial charge in [0.15, 0.2) is 0 Å². The van der Waals surface area contributed by atoms with Crippen LogP contribution in [0.25, 0.3) is 0 Å². The van der Waals surface area contributed by atoms with Crippen LogP contribution in [0.3, 0.4) is 0 Å². The van der Waals surface area contributed by atoms with E-state index in [9.17, 15) is 30.7 Å². The molecular weight excluding hydrogens is 568 g/mol. The number of benzene rings is 1. The normalized spacial score (nSPS) is 21.3. The van der Waals surface area contributed by atoms with Crippen molar-refractivity contribution in [2.75, 3.05) is 17.6 Å². The molecule has 1 aromatic carbocycles. The number of anilines is 1. The number of rotatable bonds is 16. The molecular formula is C29H38N2O8S2. The first kappa shape index (κ1) is 32.5. The number of hydrogen-bond donors (Lipinski definition) is 3. The van der Waals surface area contributed by atoms with Crippen LogP contribution in [0.4, 0.5) is 5.69 Å². The van der Waals surface area contributed by atoms with Gasteiger partial charge in [0.2, 0.25) is 5.70 Å². The van der Waals surface area contributed by atoms with E-state index in [0.29, 0.717) is 44.2 Å². The Morgan fingerprint density at radius 3 is 2.51 bits per heavy atom. The van der Waals surface area contributed by atoms with E-state index in [1.54, 1.807) is 12.6 Å². The second-order valence-corrected chi connectivity index (χ2v) is 13.5. The quantitative estimate of drug-likeness (QED) is 0.102. The van der Waals surface area contributed by atoms with Gasteiger partial charge in [-0.15, -0.1) is 0 Å². The maximum Gasteiger partial charge on any atom is 0.303 e. The molecule has 1 aliphatic carbocycles. The molecule has 1 aliphatic heterocycles. The number of para-hydroxylation sites is 1. The summed E-state index contributed by atoms with van der Waals surface area (Å²) in [6, 6.07) is 9.38. The molecule has 224 valence electrons. The summed E-state index contributed by atoms with van der Waals surface area (Å²) in [6.07, 6.45) is 13.9. The third-order valence-corrected chi connectivity index (χ3v) is 9.21. The fraction of sp³-hybridized carbons (Fsp3) is 0.448. The summed E-state index contributed by atoms with van der Waals surface area (Å²) in [6.45, 7) is 2.57. The maximum absolute atomic E-state index is 11.9. The van der Waals surface area contributed by atoms with Crippen LogP contribution >= 0.6 is 0 Å². The number of unbranched alkanes of at least 4 members (excludes halogenated alkanes) is 3. The van der Waals surface area contributed by atoms with Gasteiger partial charge in [0, 0.05) is 30.9 Å². The lowest BCUT2D eigenvalue weighted by atomic mass is 9.72. The molecule has 0 amide bonds. The number of aliphatic carboxylic acids is 1. The van der Waals surface area contributed by atoms with Crippen molar-refractivity contribution in [2.45, 2.75) is 64.3 Å². The summed E-state index contributed by atoms with van der Waals surface area (Å²) in [7, 11) is -8.77. The van der Waals surface area contributed by atoms with Crippen molar-refractivity contribution in [3.05, 3.63) is 83.4 Å². The van der Waals surface area contributed by atoms with Crippen LogP contribution in [0.1, 0.15) is 58.3 Å². The zero-order valence-electron chi connectivity index (χ0n) is 23.1. The molecule has 0 fully saturated rings. The second-order valence-electron chi connectivity index (χ2n) is 10.5. The Labute approximate surface area is 243 Å². The van der Waals surface area contributed by atoms with Crippen LogP contribution in [-0.4, -0.2) is 60.3 Å². The Hall–Kier alpha value is -3.06. The van der Waals surface area contributed by atoms with Crippen LogP contribution < -0.4 is 5.32 Å². The minimum atomic E-state index is -4.66. The molecule has 0 bridgehead atoms. The SMILES string of the molecule is CC1(CCCCS(=O)(=O)O)C2=C([CH+]CC(S(=O)(=O)[O-])=C2)N(CCCCCC(=O)O)C1C=CC=CNc1ccccc1. The molecule has 0 saturated heterocycles. The molecule has 10 nitrogen and oxygen atoms in total. The average Bonchev–Trinajstić information content (AvgIpc) is 3.13. The van der Waals surface area contributed by atoms with Gasteiger partial charge in [-0.1, -0.05) is 36.8 Å². The topological polar surface area (TPSA) is 164 Å². The summed E-state index contributed by atoms with van der Waals surface area (Å²) in [4.78, 5) is 12.9. The standard InChI is InChI=1S/C29H38N2O8S2/c1-29(18-8-11-21-40(34,35)36)25-22-24(41(37,38)39)16-17-26(25)31(20-10-3-6-15-28(32)33)27(29)14-7-9-19-30-23-12-4-2-5-13-23/h2,4-5,7,9,12-14,17,19,22,27,30H,3,6,8,10-11,15-16,18,20-21H2,1H3,(H2-,32,33,34,35,36,37,38,39). The monoisotopic (exact) mass is 606 g/mol. The zero-order valence-corrected chi connectivity index (χ0v) is 24.7. The van der Waals surface area contributed by atoms with Crippen molar-refractivity contribution in [2.24, 2.45) is 5.41 Å². The van der Waals surface area contributed by atoms with Gasteiger partial charge in [-0.05, 0) is 57.2 Å². The van der Waals surface area contributed by atoms with Crippen LogP contribution in [0.2, 0.25) is 0 Å². The number of carboxylic acid groups (broad SMARTS) is 1. The zero-order chi connectivity index (χ0) is 30.1. The molecule has 3 N–H and O–H groups in total. The Morgan fingerprint density at radius 1 is 1.12 bits per heavy atom. The highest BCUT2D eigenvalue weighted by Gasteiger charge is 2.54. The summed E-state index contributed by atoms with van der Waals surface area (Å²) in [5.74, 6) is -1.22. The van der Waals surface area contributed by atoms with Crippen molar-refractivity contribution in [3.8, 4) is 0 Å². The van der Waals surface area contributed by atoms with Gasteiger partial charge in [0.25, 0.3) is 10.1 Å². The molecule has 0 spiro atoms. The van der Waals surface area contributed by atoms with E-state index in [0.717, 1.165) is 11.4 Å². The largest absolute Gasteiger partial charge is 0.744 e. The first-order valence-corrected chi connectivity index (χ1v) is 16.7. The van der Waals surface area contributed by atoms with Crippen molar-refractivity contribution in [1.29, 1.82) is 0 Å². The minimum Gasteiger partial charge on any atom is -0.744 e. The van der Waals surface area contributed by atoms with Crippen molar-refractivity contribution in [1.82, 2.24) is 4.90 Å². The van der Waals surface area contributed by atoms with Crippen LogP contribution in [0.15, 0.2) is 77.0 Å².